The van der Waals surface area contributed by atoms with E-state index in [1.54, 1.807) is 18.2 Å². The Kier molecular flexibility index (Phi) is 5.99. The van der Waals surface area contributed by atoms with Crippen LogP contribution < -0.4 is 14.8 Å². The van der Waals surface area contributed by atoms with Crippen molar-refractivity contribution in [2.75, 3.05) is 11.9 Å². The zero-order valence-corrected chi connectivity index (χ0v) is 18.7. The van der Waals surface area contributed by atoms with Crippen molar-refractivity contribution in [2.45, 2.75) is 24.1 Å². The van der Waals surface area contributed by atoms with Crippen LogP contribution in [-0.4, -0.2) is 26.9 Å². The third-order valence-corrected chi connectivity index (χ3v) is 6.04. The largest absolute Gasteiger partial charge is 0.504 e. The average molecular weight is 459 g/mol. The fraction of sp³-hybridized carbons (Fsp3) is 0.160. The van der Waals surface area contributed by atoms with Crippen molar-refractivity contribution < 1.29 is 14.6 Å². The van der Waals surface area contributed by atoms with E-state index in [0.717, 1.165) is 22.6 Å². The summed E-state index contributed by atoms with van der Waals surface area (Å²) in [6.45, 7) is 2.32. The molecule has 0 amide bonds. The molecule has 7 nitrogen and oxygen atoms in total. The van der Waals surface area contributed by atoms with Crippen molar-refractivity contribution in [1.29, 1.82) is 0 Å². The van der Waals surface area contributed by atoms with Crippen LogP contribution in [0.4, 0.5) is 5.69 Å². The predicted molar refractivity (Wildman–Crippen MR) is 128 cm³/mol. The lowest BCUT2D eigenvalue weighted by Gasteiger charge is -2.20. The van der Waals surface area contributed by atoms with E-state index in [4.69, 9.17) is 9.47 Å². The van der Waals surface area contributed by atoms with Crippen molar-refractivity contribution in [1.82, 2.24) is 15.2 Å². The summed E-state index contributed by atoms with van der Waals surface area (Å²) in [6, 6.07) is 23.1. The first-order chi connectivity index (χ1) is 16.2. The normalized spacial score (nSPS) is 14.3. The number of thioether (sulfide) groups is 1. The van der Waals surface area contributed by atoms with Gasteiger partial charge in [0, 0.05) is 22.6 Å². The minimum Gasteiger partial charge on any atom is -0.504 e. The van der Waals surface area contributed by atoms with Gasteiger partial charge in [-0.15, -0.1) is 10.2 Å². The molecule has 1 aliphatic rings. The molecule has 8 heteroatoms. The lowest BCUT2D eigenvalue weighted by atomic mass is 10.1. The van der Waals surface area contributed by atoms with Gasteiger partial charge in [0.2, 0.25) is 11.0 Å². The monoisotopic (exact) mass is 458 g/mol. The molecule has 0 unspecified atom stereocenters. The number of rotatable bonds is 6. The molecular weight excluding hydrogens is 436 g/mol. The molecule has 0 saturated heterocycles. The van der Waals surface area contributed by atoms with Crippen LogP contribution in [0.25, 0.3) is 11.3 Å². The van der Waals surface area contributed by atoms with Gasteiger partial charge in [0.05, 0.1) is 6.61 Å². The number of hydrogen-bond acceptors (Lipinski definition) is 8. The number of phenolic OH excluding ortho intramolecular Hbond substituents is 1. The zero-order valence-electron chi connectivity index (χ0n) is 17.9. The molecular formula is C25H22N4O3S. The molecule has 2 N–H and O–H groups in total. The van der Waals surface area contributed by atoms with Gasteiger partial charge < -0.3 is 19.9 Å². The first-order valence-electron chi connectivity index (χ1n) is 10.6. The Bertz CT molecular complexity index is 1270. The van der Waals surface area contributed by atoms with Crippen molar-refractivity contribution in [3.8, 4) is 28.6 Å². The lowest BCUT2D eigenvalue weighted by molar-refractivity contribution is 0.224. The fourth-order valence-electron chi connectivity index (χ4n) is 3.55. The molecule has 0 radical (unpaired) electrons. The van der Waals surface area contributed by atoms with Gasteiger partial charge in [-0.1, -0.05) is 60.3 Å². The predicted octanol–water partition coefficient (Wildman–Crippen LogP) is 5.44. The van der Waals surface area contributed by atoms with E-state index in [1.807, 2.05) is 49.4 Å². The summed E-state index contributed by atoms with van der Waals surface area (Å²) < 4.78 is 11.9. The van der Waals surface area contributed by atoms with Crippen molar-refractivity contribution in [2.24, 2.45) is 0 Å². The van der Waals surface area contributed by atoms with Crippen LogP contribution in [0.5, 0.6) is 17.4 Å². The molecule has 0 aliphatic carbocycles. The Hall–Kier alpha value is -3.78. The number of ether oxygens (including phenoxy) is 2. The number of nitrogens with zero attached hydrogens (tertiary/aromatic N) is 3. The van der Waals surface area contributed by atoms with E-state index in [0.29, 0.717) is 29.1 Å². The quantitative estimate of drug-likeness (QED) is 0.369. The third-order valence-electron chi connectivity index (χ3n) is 5.13. The second-order valence-corrected chi connectivity index (χ2v) is 8.31. The molecule has 0 bridgehead atoms. The summed E-state index contributed by atoms with van der Waals surface area (Å²) >= 11 is 1.50. The summed E-state index contributed by atoms with van der Waals surface area (Å²) in [4.78, 5) is 4.69. The van der Waals surface area contributed by atoms with Crippen molar-refractivity contribution in [3.63, 3.8) is 0 Å². The maximum absolute atomic E-state index is 10.1. The number of anilines is 1. The van der Waals surface area contributed by atoms with Gasteiger partial charge in [-0.05, 0) is 36.8 Å². The van der Waals surface area contributed by atoms with E-state index in [1.165, 1.54) is 17.3 Å². The molecule has 0 spiro atoms. The lowest BCUT2D eigenvalue weighted by Crippen LogP contribution is -2.17. The van der Waals surface area contributed by atoms with Crippen LogP contribution in [0.3, 0.4) is 0 Å². The van der Waals surface area contributed by atoms with Crippen LogP contribution in [0.1, 0.15) is 24.3 Å². The van der Waals surface area contributed by atoms with Crippen LogP contribution in [0, 0.1) is 0 Å². The summed E-state index contributed by atoms with van der Waals surface area (Å²) in [5.41, 5.74) is 4.26. The SMILES string of the molecule is CCOc1cc([C@@H]2Nc3ccccc3-c3nnc(SCc4ccccc4)nc3O2)ccc1O. The fourth-order valence-corrected chi connectivity index (χ4v) is 4.28. The number of benzene rings is 3. The molecule has 1 atom stereocenters. The molecule has 33 heavy (non-hydrogen) atoms. The Labute approximate surface area is 195 Å². The number of para-hydroxylation sites is 1. The molecule has 0 fully saturated rings. The van der Waals surface area contributed by atoms with Gasteiger partial charge >= 0.3 is 0 Å². The van der Waals surface area contributed by atoms with Crippen LogP contribution in [0.2, 0.25) is 0 Å². The number of nitrogens with one attached hydrogen (secondary N) is 1. The van der Waals surface area contributed by atoms with Gasteiger partial charge in [-0.3, -0.25) is 0 Å². The van der Waals surface area contributed by atoms with Crippen LogP contribution >= 0.6 is 11.8 Å². The van der Waals surface area contributed by atoms with E-state index in [2.05, 4.69) is 32.6 Å². The molecule has 1 aliphatic heterocycles. The number of phenols is 1. The summed E-state index contributed by atoms with van der Waals surface area (Å²) in [6.07, 6.45) is -0.559. The van der Waals surface area contributed by atoms with Crippen molar-refractivity contribution in [3.05, 3.63) is 83.9 Å². The highest BCUT2D eigenvalue weighted by molar-refractivity contribution is 7.98. The number of hydrogen-bond donors (Lipinski definition) is 2. The van der Waals surface area contributed by atoms with E-state index in [9.17, 15) is 5.11 Å². The van der Waals surface area contributed by atoms with Gasteiger partial charge in [0.25, 0.3) is 0 Å². The molecule has 166 valence electrons. The maximum atomic E-state index is 10.1. The Morgan fingerprint density at radius 2 is 1.85 bits per heavy atom. The van der Waals surface area contributed by atoms with E-state index >= 15 is 0 Å². The standard InChI is InChI=1S/C25H22N4O3S/c1-2-31-21-14-17(12-13-20(21)30)23-26-19-11-7-6-10-18(19)22-24(32-23)27-25(29-28-22)33-15-16-8-4-3-5-9-16/h3-14,23,26,30H,2,15H2,1H3/t23-/m1/s1. The van der Waals surface area contributed by atoms with Crippen LogP contribution in [-0.2, 0) is 5.75 Å². The molecule has 4 aromatic rings. The smallest absolute Gasteiger partial charge is 0.247 e. The zero-order chi connectivity index (χ0) is 22.6. The molecule has 2 heterocycles. The Balaban J connectivity index is 1.50. The molecule has 5 rings (SSSR count). The second-order valence-electron chi connectivity index (χ2n) is 7.37. The van der Waals surface area contributed by atoms with Crippen molar-refractivity contribution >= 4 is 17.4 Å². The molecule has 1 aromatic heterocycles. The second kappa shape index (κ2) is 9.38. The summed E-state index contributed by atoms with van der Waals surface area (Å²) in [5, 5.41) is 22.9. The minimum atomic E-state index is -0.559. The summed E-state index contributed by atoms with van der Waals surface area (Å²) in [5.74, 6) is 1.61. The van der Waals surface area contributed by atoms with Gasteiger partial charge in [0.15, 0.2) is 23.4 Å². The van der Waals surface area contributed by atoms with E-state index in [-0.39, 0.29) is 5.75 Å². The summed E-state index contributed by atoms with van der Waals surface area (Å²) in [7, 11) is 0. The van der Waals surface area contributed by atoms with Crippen LogP contribution in [0.15, 0.2) is 78.0 Å². The van der Waals surface area contributed by atoms with Gasteiger partial charge in [-0.25, -0.2) is 0 Å². The average Bonchev–Trinajstić information content (AvgIpc) is 3.01. The molecule has 3 aromatic carbocycles. The Morgan fingerprint density at radius 3 is 2.70 bits per heavy atom. The first kappa shape index (κ1) is 21.1. The van der Waals surface area contributed by atoms with E-state index < -0.39 is 6.23 Å². The Morgan fingerprint density at radius 1 is 1.03 bits per heavy atom. The highest BCUT2D eigenvalue weighted by Gasteiger charge is 2.26. The first-order valence-corrected chi connectivity index (χ1v) is 11.6. The number of aromatic hydroxyl groups is 1. The molecule has 0 saturated carbocycles. The highest BCUT2D eigenvalue weighted by Crippen LogP contribution is 2.40. The van der Waals surface area contributed by atoms with Gasteiger partial charge in [0.1, 0.15) is 0 Å². The number of fused-ring (bicyclic) bond motifs is 3. The maximum Gasteiger partial charge on any atom is 0.247 e. The van der Waals surface area contributed by atoms with Gasteiger partial charge in [-0.2, -0.15) is 4.98 Å². The highest BCUT2D eigenvalue weighted by atomic mass is 32.2. The minimum absolute atomic E-state index is 0.0820. The topological polar surface area (TPSA) is 89.4 Å². The number of aromatic nitrogens is 3. The third kappa shape index (κ3) is 4.56.